The van der Waals surface area contributed by atoms with E-state index in [0.717, 1.165) is 22.4 Å². The highest BCUT2D eigenvalue weighted by Gasteiger charge is 2.30. The van der Waals surface area contributed by atoms with Crippen LogP contribution in [-0.2, 0) is 16.8 Å². The number of ether oxygens (including phenoxy) is 1. The van der Waals surface area contributed by atoms with Crippen LogP contribution in [0.5, 0.6) is 5.75 Å². The van der Waals surface area contributed by atoms with Crippen molar-refractivity contribution in [3.05, 3.63) is 46.8 Å². The monoisotopic (exact) mass is 333 g/mol. The zero-order chi connectivity index (χ0) is 17.9. The molecule has 0 aliphatic carbocycles. The molecule has 0 amide bonds. The molecule has 0 bridgehead atoms. The molecule has 2 heterocycles. The second kappa shape index (κ2) is 7.07. The first-order valence-corrected chi connectivity index (χ1v) is 8.28. The summed E-state index contributed by atoms with van der Waals surface area (Å²) in [5.41, 5.74) is 3.47. The maximum atomic E-state index is 11.2. The van der Waals surface area contributed by atoms with Gasteiger partial charge in [0.2, 0.25) is 0 Å². The number of nitrogens with zero attached hydrogens (tertiary/aromatic N) is 1. The van der Waals surface area contributed by atoms with E-state index >= 15 is 0 Å². The van der Waals surface area contributed by atoms with Gasteiger partial charge in [0.1, 0.15) is 18.6 Å². The van der Waals surface area contributed by atoms with Crippen molar-refractivity contribution in [1.82, 2.24) is 5.16 Å². The van der Waals surface area contributed by atoms with E-state index in [1.54, 1.807) is 0 Å². The quantitative estimate of drug-likeness (QED) is 0.859. The SMILES string of the molecule is CC.CC(C)(C)c1ccc2c(c1)OCc1conc1C2CC(=O)O.[HH]. The van der Waals surface area contributed by atoms with Gasteiger partial charge >= 0.3 is 5.97 Å². The Morgan fingerprint density at radius 1 is 1.38 bits per heavy atom. The van der Waals surface area contributed by atoms with Crippen LogP contribution in [0, 0.1) is 0 Å². The van der Waals surface area contributed by atoms with Gasteiger partial charge in [-0.1, -0.05) is 51.9 Å². The van der Waals surface area contributed by atoms with Crippen LogP contribution in [0.15, 0.2) is 29.0 Å². The smallest absolute Gasteiger partial charge is 0.304 e. The molecule has 0 saturated carbocycles. The van der Waals surface area contributed by atoms with Crippen molar-refractivity contribution in [2.45, 2.75) is 59.0 Å². The largest absolute Gasteiger partial charge is 0.488 e. The van der Waals surface area contributed by atoms with Crippen molar-refractivity contribution in [3.63, 3.8) is 0 Å². The number of carbonyl (C=O) groups is 1. The minimum Gasteiger partial charge on any atom is -0.488 e. The molecule has 1 aromatic heterocycles. The molecule has 3 rings (SSSR count). The van der Waals surface area contributed by atoms with Gasteiger partial charge in [-0.15, -0.1) is 0 Å². The first-order chi connectivity index (χ1) is 11.4. The van der Waals surface area contributed by atoms with Crippen LogP contribution in [0.1, 0.15) is 70.8 Å². The Bertz CT molecular complexity index is 718. The van der Waals surface area contributed by atoms with Crippen LogP contribution in [0.4, 0.5) is 0 Å². The average Bonchev–Trinajstić information content (AvgIpc) is 2.94. The third kappa shape index (κ3) is 3.61. The maximum Gasteiger partial charge on any atom is 0.304 e. The van der Waals surface area contributed by atoms with Crippen LogP contribution in [0.2, 0.25) is 0 Å². The Morgan fingerprint density at radius 3 is 2.71 bits per heavy atom. The van der Waals surface area contributed by atoms with Crippen molar-refractivity contribution in [1.29, 1.82) is 0 Å². The lowest BCUT2D eigenvalue weighted by atomic mass is 9.84. The van der Waals surface area contributed by atoms with Crippen molar-refractivity contribution in [2.75, 3.05) is 0 Å². The first kappa shape index (κ1) is 18.0. The predicted molar refractivity (Wildman–Crippen MR) is 93.5 cm³/mol. The second-order valence-corrected chi connectivity index (χ2v) is 6.67. The van der Waals surface area contributed by atoms with E-state index in [4.69, 9.17) is 9.26 Å². The zero-order valence-corrected chi connectivity index (χ0v) is 14.9. The summed E-state index contributed by atoms with van der Waals surface area (Å²) in [6, 6.07) is 5.99. The van der Waals surface area contributed by atoms with E-state index in [1.807, 2.05) is 32.0 Å². The van der Waals surface area contributed by atoms with Crippen LogP contribution in [0.25, 0.3) is 0 Å². The molecule has 1 aliphatic heterocycles. The summed E-state index contributed by atoms with van der Waals surface area (Å²) in [4.78, 5) is 11.2. The minimum atomic E-state index is -0.869. The van der Waals surface area contributed by atoms with E-state index in [2.05, 4.69) is 25.9 Å². The molecule has 1 atom stereocenters. The lowest BCUT2D eigenvalue weighted by Crippen LogP contribution is -2.13. The Hall–Kier alpha value is -2.30. The lowest BCUT2D eigenvalue weighted by molar-refractivity contribution is -0.137. The standard InChI is InChI=1S/C17H19NO4.C2H6.H2/c1-17(2,3)11-4-5-12-13(7-15(19)20)16-10(9-22-18-16)8-21-14(12)6-11;1-2;/h4-6,9,13H,7-8H2,1-3H3,(H,19,20);1-2H3;1H. The summed E-state index contributed by atoms with van der Waals surface area (Å²) in [6.45, 7) is 10.7. The summed E-state index contributed by atoms with van der Waals surface area (Å²) in [7, 11) is 0. The van der Waals surface area contributed by atoms with Gasteiger partial charge in [0.15, 0.2) is 0 Å². The van der Waals surface area contributed by atoms with Crippen LogP contribution >= 0.6 is 0 Å². The Balaban J connectivity index is 0.00000101. The Kier molecular flexibility index (Phi) is 5.32. The molecule has 0 spiro atoms. The fourth-order valence-corrected chi connectivity index (χ4v) is 2.76. The van der Waals surface area contributed by atoms with Gasteiger partial charge in [-0.3, -0.25) is 4.79 Å². The van der Waals surface area contributed by atoms with Gasteiger partial charge in [-0.2, -0.15) is 0 Å². The number of hydrogen-bond acceptors (Lipinski definition) is 4. The molecular weight excluding hydrogens is 306 g/mol. The number of aromatic nitrogens is 1. The van der Waals surface area contributed by atoms with E-state index in [9.17, 15) is 9.90 Å². The van der Waals surface area contributed by atoms with Gasteiger partial charge in [0.05, 0.1) is 17.7 Å². The molecule has 1 N–H and O–H groups in total. The molecule has 0 saturated heterocycles. The van der Waals surface area contributed by atoms with E-state index in [-0.39, 0.29) is 19.2 Å². The minimum absolute atomic E-state index is 0. The van der Waals surface area contributed by atoms with Crippen molar-refractivity contribution >= 4 is 5.97 Å². The molecule has 5 heteroatoms. The third-order valence-electron chi connectivity index (χ3n) is 4.02. The number of carboxylic acids is 1. The van der Waals surface area contributed by atoms with Gasteiger partial charge in [0.25, 0.3) is 0 Å². The molecule has 1 aliphatic rings. The van der Waals surface area contributed by atoms with E-state index in [1.165, 1.54) is 6.26 Å². The van der Waals surface area contributed by atoms with E-state index in [0.29, 0.717) is 12.3 Å². The van der Waals surface area contributed by atoms with Gasteiger partial charge < -0.3 is 14.4 Å². The normalized spacial score (nSPS) is 16.0. The summed E-state index contributed by atoms with van der Waals surface area (Å²) in [6.07, 6.45) is 1.49. The number of carboxylic acid groups (broad SMARTS) is 1. The fraction of sp³-hybridized carbons (Fsp3) is 0.474. The highest BCUT2D eigenvalue weighted by atomic mass is 16.5. The Morgan fingerprint density at radius 2 is 2.08 bits per heavy atom. The van der Waals surface area contributed by atoms with Crippen LogP contribution < -0.4 is 4.74 Å². The van der Waals surface area contributed by atoms with Crippen molar-refractivity contribution in [2.24, 2.45) is 0 Å². The lowest BCUT2D eigenvalue weighted by Gasteiger charge is -2.22. The number of aliphatic carboxylic acids is 1. The summed E-state index contributed by atoms with van der Waals surface area (Å²) < 4.78 is 10.9. The Labute approximate surface area is 144 Å². The molecule has 132 valence electrons. The summed E-state index contributed by atoms with van der Waals surface area (Å²) in [5, 5.41) is 13.2. The van der Waals surface area contributed by atoms with Crippen molar-refractivity contribution < 1.29 is 20.6 Å². The topological polar surface area (TPSA) is 72.6 Å². The molecule has 2 aromatic rings. The number of benzene rings is 1. The maximum absolute atomic E-state index is 11.2. The number of hydrogen-bond donors (Lipinski definition) is 1. The third-order valence-corrected chi connectivity index (χ3v) is 4.02. The number of fused-ring (bicyclic) bond motifs is 2. The van der Waals surface area contributed by atoms with Crippen LogP contribution in [-0.4, -0.2) is 16.2 Å². The highest BCUT2D eigenvalue weighted by molar-refractivity contribution is 5.69. The average molecular weight is 333 g/mol. The van der Waals surface area contributed by atoms with Gasteiger partial charge in [-0.05, 0) is 17.0 Å². The molecular formula is C19H27NO4. The highest BCUT2D eigenvalue weighted by Crippen LogP contribution is 2.40. The second-order valence-electron chi connectivity index (χ2n) is 6.67. The molecule has 1 aromatic carbocycles. The van der Waals surface area contributed by atoms with E-state index < -0.39 is 5.97 Å². The summed E-state index contributed by atoms with van der Waals surface area (Å²) >= 11 is 0. The number of rotatable bonds is 2. The first-order valence-electron chi connectivity index (χ1n) is 8.28. The summed E-state index contributed by atoms with van der Waals surface area (Å²) in [5.74, 6) is -0.485. The fourth-order valence-electron chi connectivity index (χ4n) is 2.76. The van der Waals surface area contributed by atoms with Gasteiger partial charge in [0, 0.05) is 12.9 Å². The van der Waals surface area contributed by atoms with Crippen molar-refractivity contribution in [3.8, 4) is 5.75 Å². The molecule has 24 heavy (non-hydrogen) atoms. The molecule has 5 nitrogen and oxygen atoms in total. The zero-order valence-electron chi connectivity index (χ0n) is 14.9. The van der Waals surface area contributed by atoms with Gasteiger partial charge in [-0.25, -0.2) is 0 Å². The van der Waals surface area contributed by atoms with Crippen LogP contribution in [0.3, 0.4) is 0 Å². The molecule has 0 fully saturated rings. The predicted octanol–water partition coefficient (Wildman–Crippen LogP) is 4.74. The molecule has 0 radical (unpaired) electrons. The molecule has 1 unspecified atom stereocenters.